The number of nitriles is 1. The number of nitrogens with one attached hydrogen (secondary N) is 1. The molecule has 0 heterocycles. The van der Waals surface area contributed by atoms with E-state index in [0.717, 1.165) is 11.1 Å². The van der Waals surface area contributed by atoms with Crippen LogP contribution < -0.4 is 19.5 Å². The molecule has 0 aliphatic rings. The number of carbonyl (C=O) groups excluding carboxylic acids is 1. The molecule has 4 aromatic carbocycles. The maximum absolute atomic E-state index is 12.7. The molecule has 0 spiro atoms. The van der Waals surface area contributed by atoms with E-state index < -0.39 is 5.91 Å². The van der Waals surface area contributed by atoms with Crippen molar-refractivity contribution in [3.63, 3.8) is 0 Å². The number of nitrogens with zero attached hydrogens (tertiary/aromatic N) is 1. The van der Waals surface area contributed by atoms with Gasteiger partial charge in [-0.05, 0) is 66.6 Å². The highest BCUT2D eigenvalue weighted by Crippen LogP contribution is 2.30. The van der Waals surface area contributed by atoms with E-state index in [1.165, 1.54) is 18.2 Å². The smallest absolute Gasteiger partial charge is 0.266 e. The molecule has 0 atom stereocenters. The van der Waals surface area contributed by atoms with Gasteiger partial charge in [0.2, 0.25) is 0 Å². The first kappa shape index (κ1) is 26.8. The van der Waals surface area contributed by atoms with Gasteiger partial charge in [0.15, 0.2) is 11.5 Å². The molecule has 196 valence electrons. The van der Waals surface area contributed by atoms with Gasteiger partial charge in [0.25, 0.3) is 5.91 Å². The van der Waals surface area contributed by atoms with Crippen LogP contribution >= 0.6 is 0 Å². The van der Waals surface area contributed by atoms with Crippen molar-refractivity contribution in [3.05, 3.63) is 119 Å². The van der Waals surface area contributed by atoms with Crippen molar-refractivity contribution < 1.29 is 24.1 Å². The average molecular weight is 521 g/mol. The van der Waals surface area contributed by atoms with E-state index in [1.807, 2.05) is 67.6 Å². The summed E-state index contributed by atoms with van der Waals surface area (Å²) in [5.74, 6) is 1.31. The first-order chi connectivity index (χ1) is 19.1. The summed E-state index contributed by atoms with van der Waals surface area (Å²) in [6.45, 7) is 3.07. The molecule has 0 saturated heterocycles. The van der Waals surface area contributed by atoms with Gasteiger partial charge >= 0.3 is 0 Å². The van der Waals surface area contributed by atoms with E-state index in [9.17, 15) is 15.2 Å². The minimum Gasteiger partial charge on any atom is -0.508 e. The summed E-state index contributed by atoms with van der Waals surface area (Å²) < 4.78 is 17.9. The number of rotatable bonds is 11. The third-order valence-corrected chi connectivity index (χ3v) is 5.65. The number of aromatic hydroxyl groups is 1. The van der Waals surface area contributed by atoms with Crippen molar-refractivity contribution in [1.29, 1.82) is 5.26 Å². The number of phenols is 1. The summed E-state index contributed by atoms with van der Waals surface area (Å²) in [6.07, 6.45) is 1.48. The van der Waals surface area contributed by atoms with Gasteiger partial charge in [0, 0.05) is 11.3 Å². The van der Waals surface area contributed by atoms with Crippen molar-refractivity contribution in [2.75, 3.05) is 11.9 Å². The minimum absolute atomic E-state index is 0.0813. The van der Waals surface area contributed by atoms with Gasteiger partial charge in [-0.2, -0.15) is 5.26 Å². The van der Waals surface area contributed by atoms with Gasteiger partial charge in [-0.15, -0.1) is 0 Å². The standard InChI is InChI=1S/C32H28N2O5/c1-2-37-31-18-24(12-17-30(31)39-21-23-8-4-3-5-9-23)22-38-29-11-7-6-10-25(29)19-26(20-33)32(36)34-27-13-15-28(35)16-14-27/h3-19,35H,2,21-22H2,1H3,(H,34,36)/b26-19+. The van der Waals surface area contributed by atoms with Gasteiger partial charge in [0.1, 0.15) is 36.4 Å². The van der Waals surface area contributed by atoms with E-state index in [2.05, 4.69) is 5.32 Å². The van der Waals surface area contributed by atoms with Crippen LogP contribution in [0.4, 0.5) is 5.69 Å². The Hall–Kier alpha value is -5.22. The summed E-state index contributed by atoms with van der Waals surface area (Å²) in [4.78, 5) is 12.7. The molecule has 0 unspecified atom stereocenters. The molecule has 0 saturated carbocycles. The van der Waals surface area contributed by atoms with Crippen LogP contribution in [0.15, 0.2) is 103 Å². The Balaban J connectivity index is 1.46. The second-order valence-corrected chi connectivity index (χ2v) is 8.49. The largest absolute Gasteiger partial charge is 0.508 e. The van der Waals surface area contributed by atoms with Crippen LogP contribution in [0.3, 0.4) is 0 Å². The zero-order chi connectivity index (χ0) is 27.5. The van der Waals surface area contributed by atoms with Gasteiger partial charge in [-0.3, -0.25) is 4.79 Å². The molecular formula is C32H28N2O5. The molecule has 7 heteroatoms. The van der Waals surface area contributed by atoms with E-state index in [1.54, 1.807) is 30.3 Å². The Bertz CT molecular complexity index is 1470. The van der Waals surface area contributed by atoms with Crippen LogP contribution in [0.5, 0.6) is 23.0 Å². The fraction of sp³-hybridized carbons (Fsp3) is 0.125. The Kier molecular flexibility index (Phi) is 9.19. The molecule has 7 nitrogen and oxygen atoms in total. The predicted molar refractivity (Wildman–Crippen MR) is 149 cm³/mol. The number of para-hydroxylation sites is 1. The van der Waals surface area contributed by atoms with Crippen LogP contribution in [0.2, 0.25) is 0 Å². The van der Waals surface area contributed by atoms with Gasteiger partial charge in [-0.1, -0.05) is 54.6 Å². The molecule has 4 rings (SSSR count). The molecule has 0 radical (unpaired) electrons. The number of anilines is 1. The average Bonchev–Trinajstić information content (AvgIpc) is 2.96. The molecule has 0 aliphatic heterocycles. The van der Waals surface area contributed by atoms with E-state index in [4.69, 9.17) is 14.2 Å². The molecule has 2 N–H and O–H groups in total. The summed E-state index contributed by atoms with van der Waals surface area (Å²) in [6, 6.07) is 30.7. The van der Waals surface area contributed by atoms with E-state index >= 15 is 0 Å². The lowest BCUT2D eigenvalue weighted by molar-refractivity contribution is -0.112. The van der Waals surface area contributed by atoms with Crippen molar-refractivity contribution >= 4 is 17.7 Å². The van der Waals surface area contributed by atoms with Gasteiger partial charge in [-0.25, -0.2) is 0 Å². The zero-order valence-corrected chi connectivity index (χ0v) is 21.5. The van der Waals surface area contributed by atoms with Crippen LogP contribution in [-0.4, -0.2) is 17.6 Å². The quantitative estimate of drug-likeness (QED) is 0.133. The molecule has 4 aromatic rings. The van der Waals surface area contributed by atoms with Gasteiger partial charge in [0.05, 0.1) is 6.61 Å². The van der Waals surface area contributed by atoms with Crippen LogP contribution in [0.1, 0.15) is 23.6 Å². The fourth-order valence-corrected chi connectivity index (χ4v) is 3.70. The number of hydrogen-bond donors (Lipinski definition) is 2. The third kappa shape index (κ3) is 7.63. The summed E-state index contributed by atoms with van der Waals surface area (Å²) in [7, 11) is 0. The Labute approximate surface area is 227 Å². The molecule has 0 aromatic heterocycles. The summed E-state index contributed by atoms with van der Waals surface area (Å²) in [5, 5.41) is 21.7. The van der Waals surface area contributed by atoms with Crippen LogP contribution in [0, 0.1) is 11.3 Å². The fourth-order valence-electron chi connectivity index (χ4n) is 3.70. The number of ether oxygens (including phenoxy) is 3. The Morgan fingerprint density at radius 3 is 2.26 bits per heavy atom. The first-order valence-corrected chi connectivity index (χ1v) is 12.4. The number of hydrogen-bond acceptors (Lipinski definition) is 6. The molecule has 0 bridgehead atoms. The topological polar surface area (TPSA) is 101 Å². The second-order valence-electron chi connectivity index (χ2n) is 8.49. The monoisotopic (exact) mass is 520 g/mol. The van der Waals surface area contributed by atoms with Crippen molar-refractivity contribution in [2.45, 2.75) is 20.1 Å². The van der Waals surface area contributed by atoms with Crippen molar-refractivity contribution in [2.24, 2.45) is 0 Å². The highest BCUT2D eigenvalue weighted by Gasteiger charge is 2.13. The highest BCUT2D eigenvalue weighted by atomic mass is 16.5. The first-order valence-electron chi connectivity index (χ1n) is 12.4. The summed E-state index contributed by atoms with van der Waals surface area (Å²) in [5.41, 5.74) is 2.89. The maximum Gasteiger partial charge on any atom is 0.266 e. The SMILES string of the molecule is CCOc1cc(COc2ccccc2/C=C(\C#N)C(=O)Nc2ccc(O)cc2)ccc1OCc1ccccc1. The number of amides is 1. The predicted octanol–water partition coefficient (Wildman–Crippen LogP) is 6.49. The van der Waals surface area contributed by atoms with Crippen LogP contribution in [-0.2, 0) is 18.0 Å². The maximum atomic E-state index is 12.7. The van der Waals surface area contributed by atoms with E-state index in [-0.39, 0.29) is 17.9 Å². The van der Waals surface area contributed by atoms with Gasteiger partial charge < -0.3 is 24.6 Å². The van der Waals surface area contributed by atoms with Crippen molar-refractivity contribution in [1.82, 2.24) is 0 Å². The minimum atomic E-state index is -0.564. The molecule has 1 amide bonds. The lowest BCUT2D eigenvalue weighted by Crippen LogP contribution is -2.13. The second kappa shape index (κ2) is 13.4. The van der Waals surface area contributed by atoms with Crippen molar-refractivity contribution in [3.8, 4) is 29.1 Å². The molecule has 0 fully saturated rings. The highest BCUT2D eigenvalue weighted by molar-refractivity contribution is 6.09. The Morgan fingerprint density at radius 1 is 0.821 bits per heavy atom. The molecular weight excluding hydrogens is 492 g/mol. The summed E-state index contributed by atoms with van der Waals surface area (Å²) >= 11 is 0. The number of benzene rings is 4. The molecule has 39 heavy (non-hydrogen) atoms. The van der Waals surface area contributed by atoms with E-state index in [0.29, 0.717) is 41.7 Å². The van der Waals surface area contributed by atoms with Crippen LogP contribution in [0.25, 0.3) is 6.08 Å². The third-order valence-electron chi connectivity index (χ3n) is 5.65. The Morgan fingerprint density at radius 2 is 1.51 bits per heavy atom. The normalized spacial score (nSPS) is 10.8. The zero-order valence-electron chi connectivity index (χ0n) is 21.5. The number of phenolic OH excluding ortho intramolecular Hbond substituents is 1. The lowest BCUT2D eigenvalue weighted by Gasteiger charge is -2.15. The lowest BCUT2D eigenvalue weighted by atomic mass is 10.1. The number of carbonyl (C=O) groups is 1. The molecule has 0 aliphatic carbocycles.